The maximum absolute atomic E-state index is 12.0. The molecule has 0 aliphatic carbocycles. The van der Waals surface area contributed by atoms with Crippen molar-refractivity contribution in [3.63, 3.8) is 0 Å². The number of rotatable bonds is 5. The average Bonchev–Trinajstić information content (AvgIpc) is 2.35. The van der Waals surface area contributed by atoms with Gasteiger partial charge < -0.3 is 14.7 Å². The average molecular weight is 265 g/mol. The van der Waals surface area contributed by atoms with Crippen LogP contribution in [0.2, 0.25) is 0 Å². The van der Waals surface area contributed by atoms with Gasteiger partial charge in [0, 0.05) is 13.1 Å². The van der Waals surface area contributed by atoms with Gasteiger partial charge in [-0.15, -0.1) is 0 Å². The van der Waals surface area contributed by atoms with Crippen LogP contribution in [-0.2, 0) is 11.3 Å². The molecule has 106 valence electrons. The van der Waals surface area contributed by atoms with E-state index in [1.54, 1.807) is 4.90 Å². The predicted octanol–water partition coefficient (Wildman–Crippen LogP) is 2.66. The van der Waals surface area contributed by atoms with Crippen LogP contribution in [0.4, 0.5) is 4.79 Å². The number of amides is 1. The standard InChI is InChI=1S/C15H23NO3/c1-15(2,3)12-16(9-10-17)14(18)19-11-13-7-5-4-6-8-13/h4-8,17H,9-12H2,1-3H3. The van der Waals surface area contributed by atoms with Gasteiger partial charge in [-0.25, -0.2) is 4.79 Å². The highest BCUT2D eigenvalue weighted by Crippen LogP contribution is 2.16. The molecule has 4 heteroatoms. The van der Waals surface area contributed by atoms with Gasteiger partial charge in [-0.1, -0.05) is 51.1 Å². The van der Waals surface area contributed by atoms with Gasteiger partial charge in [0.2, 0.25) is 0 Å². The van der Waals surface area contributed by atoms with E-state index < -0.39 is 0 Å². The highest BCUT2D eigenvalue weighted by molar-refractivity contribution is 5.67. The van der Waals surface area contributed by atoms with Crippen molar-refractivity contribution in [2.75, 3.05) is 19.7 Å². The van der Waals surface area contributed by atoms with Gasteiger partial charge in [-0.05, 0) is 11.0 Å². The highest BCUT2D eigenvalue weighted by atomic mass is 16.6. The van der Waals surface area contributed by atoms with E-state index in [9.17, 15) is 4.79 Å². The summed E-state index contributed by atoms with van der Waals surface area (Å²) in [5, 5.41) is 9.02. The summed E-state index contributed by atoms with van der Waals surface area (Å²) < 4.78 is 5.26. The third-order valence-corrected chi connectivity index (χ3v) is 2.50. The molecule has 1 N–H and O–H groups in total. The number of aliphatic hydroxyl groups is 1. The quantitative estimate of drug-likeness (QED) is 0.890. The van der Waals surface area contributed by atoms with Crippen molar-refractivity contribution in [3.05, 3.63) is 35.9 Å². The number of nitrogens with zero attached hydrogens (tertiary/aromatic N) is 1. The summed E-state index contributed by atoms with van der Waals surface area (Å²) in [6.45, 7) is 7.18. The first-order valence-electron chi connectivity index (χ1n) is 6.49. The fourth-order valence-corrected chi connectivity index (χ4v) is 1.74. The van der Waals surface area contributed by atoms with Crippen LogP contribution in [-0.4, -0.2) is 35.8 Å². The second kappa shape index (κ2) is 7.14. The maximum Gasteiger partial charge on any atom is 0.410 e. The topological polar surface area (TPSA) is 49.8 Å². The van der Waals surface area contributed by atoms with Crippen molar-refractivity contribution in [2.45, 2.75) is 27.4 Å². The van der Waals surface area contributed by atoms with E-state index in [-0.39, 0.29) is 24.7 Å². The summed E-state index contributed by atoms with van der Waals surface area (Å²) in [5.41, 5.74) is 0.927. The molecule has 0 aliphatic heterocycles. The van der Waals surface area contributed by atoms with Gasteiger partial charge in [0.15, 0.2) is 0 Å². The molecule has 0 bridgehead atoms. The van der Waals surface area contributed by atoms with Gasteiger partial charge in [0.05, 0.1) is 6.61 Å². The first kappa shape index (κ1) is 15.5. The molecular weight excluding hydrogens is 242 g/mol. The Labute approximate surface area is 115 Å². The molecule has 0 atom stereocenters. The number of hydrogen-bond donors (Lipinski definition) is 1. The van der Waals surface area contributed by atoms with E-state index >= 15 is 0 Å². The van der Waals surface area contributed by atoms with Crippen molar-refractivity contribution in [1.29, 1.82) is 0 Å². The Kier molecular flexibility index (Phi) is 5.83. The Bertz CT molecular complexity index is 384. The monoisotopic (exact) mass is 265 g/mol. The number of carbonyl (C=O) groups excluding carboxylic acids is 1. The van der Waals surface area contributed by atoms with Crippen molar-refractivity contribution < 1.29 is 14.6 Å². The lowest BCUT2D eigenvalue weighted by Crippen LogP contribution is -2.39. The minimum atomic E-state index is -0.382. The molecule has 0 saturated heterocycles. The van der Waals surface area contributed by atoms with Crippen LogP contribution in [0.5, 0.6) is 0 Å². The number of benzene rings is 1. The Hall–Kier alpha value is -1.55. The summed E-state index contributed by atoms with van der Waals surface area (Å²) in [6, 6.07) is 9.55. The van der Waals surface area contributed by atoms with E-state index in [0.717, 1.165) is 5.56 Å². The Morgan fingerprint density at radius 2 is 1.89 bits per heavy atom. The zero-order valence-corrected chi connectivity index (χ0v) is 11.9. The predicted molar refractivity (Wildman–Crippen MR) is 74.7 cm³/mol. The molecule has 4 nitrogen and oxygen atoms in total. The van der Waals surface area contributed by atoms with Gasteiger partial charge in [-0.3, -0.25) is 0 Å². The molecule has 1 aromatic rings. The fourth-order valence-electron chi connectivity index (χ4n) is 1.74. The third kappa shape index (κ3) is 6.25. The molecule has 1 aromatic carbocycles. The van der Waals surface area contributed by atoms with E-state index in [1.165, 1.54) is 0 Å². The van der Waals surface area contributed by atoms with E-state index in [2.05, 4.69) is 0 Å². The molecule has 1 rings (SSSR count). The van der Waals surface area contributed by atoms with Crippen LogP contribution in [0.25, 0.3) is 0 Å². The first-order valence-corrected chi connectivity index (χ1v) is 6.49. The largest absolute Gasteiger partial charge is 0.445 e. The zero-order valence-electron chi connectivity index (χ0n) is 11.9. The minimum absolute atomic E-state index is 0.0268. The highest BCUT2D eigenvalue weighted by Gasteiger charge is 2.21. The molecule has 0 aliphatic rings. The normalized spacial score (nSPS) is 11.2. The van der Waals surface area contributed by atoms with Crippen molar-refractivity contribution >= 4 is 6.09 Å². The lowest BCUT2D eigenvalue weighted by Gasteiger charge is -2.28. The van der Waals surface area contributed by atoms with Gasteiger partial charge in [0.25, 0.3) is 0 Å². The fraction of sp³-hybridized carbons (Fsp3) is 0.533. The molecule has 0 fully saturated rings. The summed E-state index contributed by atoms with van der Waals surface area (Å²) >= 11 is 0. The molecule has 0 unspecified atom stereocenters. The second-order valence-electron chi connectivity index (χ2n) is 5.75. The summed E-state index contributed by atoms with van der Waals surface area (Å²) in [4.78, 5) is 13.5. The number of ether oxygens (including phenoxy) is 1. The summed E-state index contributed by atoms with van der Waals surface area (Å²) in [7, 11) is 0. The van der Waals surface area contributed by atoms with E-state index in [0.29, 0.717) is 13.1 Å². The molecule has 0 heterocycles. The third-order valence-electron chi connectivity index (χ3n) is 2.50. The Balaban J connectivity index is 2.52. The lowest BCUT2D eigenvalue weighted by molar-refractivity contribution is 0.0754. The van der Waals surface area contributed by atoms with Gasteiger partial charge >= 0.3 is 6.09 Å². The van der Waals surface area contributed by atoms with Gasteiger partial charge in [-0.2, -0.15) is 0 Å². The number of hydrogen-bond acceptors (Lipinski definition) is 3. The lowest BCUT2D eigenvalue weighted by atomic mass is 9.96. The summed E-state index contributed by atoms with van der Waals surface area (Å²) in [5.74, 6) is 0. The summed E-state index contributed by atoms with van der Waals surface area (Å²) in [6.07, 6.45) is -0.382. The van der Waals surface area contributed by atoms with E-state index in [1.807, 2.05) is 51.1 Å². The Morgan fingerprint density at radius 1 is 1.26 bits per heavy atom. The van der Waals surface area contributed by atoms with Crippen molar-refractivity contribution in [1.82, 2.24) is 4.90 Å². The SMILES string of the molecule is CC(C)(C)CN(CCO)C(=O)OCc1ccccc1. The second-order valence-corrected chi connectivity index (χ2v) is 5.75. The zero-order chi connectivity index (χ0) is 14.3. The first-order chi connectivity index (χ1) is 8.92. The van der Waals surface area contributed by atoms with Crippen LogP contribution in [0.3, 0.4) is 0 Å². The van der Waals surface area contributed by atoms with E-state index in [4.69, 9.17) is 9.84 Å². The Morgan fingerprint density at radius 3 is 2.42 bits per heavy atom. The molecule has 19 heavy (non-hydrogen) atoms. The van der Waals surface area contributed by atoms with Crippen molar-refractivity contribution in [2.24, 2.45) is 5.41 Å². The van der Waals surface area contributed by atoms with Gasteiger partial charge in [0.1, 0.15) is 6.61 Å². The molecule has 0 aromatic heterocycles. The van der Waals surface area contributed by atoms with Crippen molar-refractivity contribution in [3.8, 4) is 0 Å². The molecule has 0 spiro atoms. The maximum atomic E-state index is 12.0. The number of carbonyl (C=O) groups is 1. The van der Waals surface area contributed by atoms with Crippen LogP contribution < -0.4 is 0 Å². The molecule has 0 saturated carbocycles. The smallest absolute Gasteiger partial charge is 0.410 e. The van der Waals surface area contributed by atoms with Crippen LogP contribution >= 0.6 is 0 Å². The number of aliphatic hydroxyl groups excluding tert-OH is 1. The van der Waals surface area contributed by atoms with Crippen LogP contribution in [0.15, 0.2) is 30.3 Å². The molecule has 1 amide bonds. The minimum Gasteiger partial charge on any atom is -0.445 e. The molecular formula is C15H23NO3. The van der Waals surface area contributed by atoms with Crippen LogP contribution in [0.1, 0.15) is 26.3 Å². The molecule has 0 radical (unpaired) electrons. The van der Waals surface area contributed by atoms with Crippen LogP contribution in [0, 0.1) is 5.41 Å².